The third kappa shape index (κ3) is 3.17. The summed E-state index contributed by atoms with van der Waals surface area (Å²) in [7, 11) is 0. The van der Waals surface area contributed by atoms with Gasteiger partial charge in [0.05, 0.1) is 6.61 Å². The number of carbonyl (C=O) groups excluding carboxylic acids is 2. The molecular formula is C13H12O4. The number of hydrogen-bond donors (Lipinski definition) is 0. The second-order valence-electron chi connectivity index (χ2n) is 3.63. The smallest absolute Gasteiger partial charge is 0.347 e. The van der Waals surface area contributed by atoms with Gasteiger partial charge in [0.25, 0.3) is 0 Å². The molecule has 2 rings (SSSR count). The van der Waals surface area contributed by atoms with Gasteiger partial charge >= 0.3 is 11.9 Å². The standard InChI is InChI=1S/C13H12O4/c14-12(17-11-8-9-16-13(11)15)7-6-10-4-2-1-3-5-10/h1-7,11H,8-9H2. The van der Waals surface area contributed by atoms with E-state index < -0.39 is 18.0 Å². The molecule has 17 heavy (non-hydrogen) atoms. The number of hydrogen-bond acceptors (Lipinski definition) is 4. The van der Waals surface area contributed by atoms with E-state index in [4.69, 9.17) is 4.74 Å². The number of esters is 2. The van der Waals surface area contributed by atoms with E-state index in [-0.39, 0.29) is 0 Å². The van der Waals surface area contributed by atoms with Crippen LogP contribution in [0.5, 0.6) is 0 Å². The van der Waals surface area contributed by atoms with Crippen LogP contribution in [0.25, 0.3) is 6.08 Å². The highest BCUT2D eigenvalue weighted by Crippen LogP contribution is 2.11. The average molecular weight is 232 g/mol. The van der Waals surface area contributed by atoms with Gasteiger partial charge in [-0.2, -0.15) is 0 Å². The first-order chi connectivity index (χ1) is 8.25. The summed E-state index contributed by atoms with van der Waals surface area (Å²) in [5.41, 5.74) is 0.901. The number of cyclic esters (lactones) is 1. The first-order valence-corrected chi connectivity index (χ1v) is 5.36. The molecule has 1 fully saturated rings. The lowest BCUT2D eigenvalue weighted by Crippen LogP contribution is -2.21. The van der Waals surface area contributed by atoms with Crippen LogP contribution in [0.1, 0.15) is 12.0 Å². The molecule has 0 amide bonds. The van der Waals surface area contributed by atoms with Gasteiger partial charge in [-0.15, -0.1) is 0 Å². The van der Waals surface area contributed by atoms with Crippen LogP contribution >= 0.6 is 0 Å². The molecule has 0 bridgehead atoms. The molecule has 1 aliphatic heterocycles. The molecule has 1 aliphatic rings. The summed E-state index contributed by atoms with van der Waals surface area (Å²) >= 11 is 0. The normalized spacial score (nSPS) is 19.3. The second-order valence-corrected chi connectivity index (χ2v) is 3.63. The van der Waals surface area contributed by atoms with E-state index in [9.17, 15) is 9.59 Å². The Morgan fingerprint density at radius 1 is 1.35 bits per heavy atom. The maximum Gasteiger partial charge on any atom is 0.347 e. The van der Waals surface area contributed by atoms with E-state index in [1.54, 1.807) is 6.08 Å². The molecule has 1 aromatic rings. The molecule has 0 spiro atoms. The van der Waals surface area contributed by atoms with Crippen LogP contribution < -0.4 is 0 Å². The van der Waals surface area contributed by atoms with Crippen molar-refractivity contribution in [1.29, 1.82) is 0 Å². The minimum absolute atomic E-state index is 0.319. The molecule has 0 radical (unpaired) electrons. The highest BCUT2D eigenvalue weighted by atomic mass is 16.6. The maximum atomic E-state index is 11.4. The Morgan fingerprint density at radius 2 is 2.12 bits per heavy atom. The van der Waals surface area contributed by atoms with E-state index in [0.29, 0.717) is 13.0 Å². The highest BCUT2D eigenvalue weighted by molar-refractivity contribution is 5.89. The molecule has 1 heterocycles. The Bertz CT molecular complexity index is 436. The molecule has 0 saturated carbocycles. The molecular weight excluding hydrogens is 220 g/mol. The molecule has 1 unspecified atom stereocenters. The molecule has 1 aromatic carbocycles. The van der Waals surface area contributed by atoms with Gasteiger partial charge in [-0.3, -0.25) is 0 Å². The largest absolute Gasteiger partial charge is 0.463 e. The van der Waals surface area contributed by atoms with E-state index in [0.717, 1.165) is 5.56 Å². The van der Waals surface area contributed by atoms with E-state index in [2.05, 4.69) is 4.74 Å². The summed E-state index contributed by atoms with van der Waals surface area (Å²) in [4.78, 5) is 22.5. The Labute approximate surface area is 98.8 Å². The van der Waals surface area contributed by atoms with Gasteiger partial charge in [0, 0.05) is 12.5 Å². The zero-order chi connectivity index (χ0) is 12.1. The first-order valence-electron chi connectivity index (χ1n) is 5.36. The van der Waals surface area contributed by atoms with E-state index in [1.165, 1.54) is 6.08 Å². The van der Waals surface area contributed by atoms with Crippen molar-refractivity contribution < 1.29 is 19.1 Å². The first kappa shape index (κ1) is 11.4. The molecule has 0 aliphatic carbocycles. The van der Waals surface area contributed by atoms with Crippen LogP contribution in [-0.4, -0.2) is 24.6 Å². The van der Waals surface area contributed by atoms with Crippen LogP contribution in [0.2, 0.25) is 0 Å². The lowest BCUT2D eigenvalue weighted by molar-refractivity contribution is -0.156. The van der Waals surface area contributed by atoms with Crippen LogP contribution in [0, 0.1) is 0 Å². The van der Waals surface area contributed by atoms with Gasteiger partial charge < -0.3 is 9.47 Å². The summed E-state index contributed by atoms with van der Waals surface area (Å²) in [5.74, 6) is -0.996. The number of ether oxygens (including phenoxy) is 2. The van der Waals surface area contributed by atoms with Gasteiger partial charge in [0.2, 0.25) is 6.10 Å². The van der Waals surface area contributed by atoms with Crippen molar-refractivity contribution in [2.45, 2.75) is 12.5 Å². The van der Waals surface area contributed by atoms with Crippen molar-refractivity contribution in [3.05, 3.63) is 42.0 Å². The molecule has 1 saturated heterocycles. The van der Waals surface area contributed by atoms with Crippen molar-refractivity contribution >= 4 is 18.0 Å². The molecule has 4 nitrogen and oxygen atoms in total. The van der Waals surface area contributed by atoms with Crippen LogP contribution in [-0.2, 0) is 19.1 Å². The monoisotopic (exact) mass is 232 g/mol. The summed E-state index contributed by atoms with van der Waals surface area (Å²) < 4.78 is 9.63. The predicted molar refractivity (Wildman–Crippen MR) is 60.9 cm³/mol. The SMILES string of the molecule is O=C(C=Cc1ccccc1)OC1CCOC1=O. The second kappa shape index (κ2) is 5.30. The Kier molecular flexibility index (Phi) is 3.55. The van der Waals surface area contributed by atoms with Crippen molar-refractivity contribution in [2.75, 3.05) is 6.61 Å². The third-order valence-electron chi connectivity index (χ3n) is 2.36. The van der Waals surface area contributed by atoms with E-state index >= 15 is 0 Å². The molecule has 88 valence electrons. The van der Waals surface area contributed by atoms with Crippen molar-refractivity contribution in [2.24, 2.45) is 0 Å². The van der Waals surface area contributed by atoms with Crippen LogP contribution in [0.15, 0.2) is 36.4 Å². The van der Waals surface area contributed by atoms with Crippen molar-refractivity contribution in [1.82, 2.24) is 0 Å². The minimum atomic E-state index is -0.747. The lowest BCUT2D eigenvalue weighted by Gasteiger charge is -2.04. The lowest BCUT2D eigenvalue weighted by atomic mass is 10.2. The Morgan fingerprint density at radius 3 is 2.76 bits per heavy atom. The van der Waals surface area contributed by atoms with Crippen molar-refractivity contribution in [3.8, 4) is 0 Å². The van der Waals surface area contributed by atoms with Gasteiger partial charge in [0.1, 0.15) is 0 Å². The highest BCUT2D eigenvalue weighted by Gasteiger charge is 2.29. The summed E-state index contributed by atoms with van der Waals surface area (Å²) in [6, 6.07) is 9.38. The zero-order valence-corrected chi connectivity index (χ0v) is 9.17. The molecule has 0 N–H and O–H groups in total. The zero-order valence-electron chi connectivity index (χ0n) is 9.17. The van der Waals surface area contributed by atoms with Gasteiger partial charge in [-0.1, -0.05) is 30.3 Å². The minimum Gasteiger partial charge on any atom is -0.463 e. The Balaban J connectivity index is 1.89. The summed E-state index contributed by atoms with van der Waals surface area (Å²) in [5, 5.41) is 0. The summed E-state index contributed by atoms with van der Waals surface area (Å²) in [6.07, 6.45) is 2.63. The van der Waals surface area contributed by atoms with Crippen LogP contribution in [0.3, 0.4) is 0 Å². The molecule has 4 heteroatoms. The van der Waals surface area contributed by atoms with Crippen molar-refractivity contribution in [3.63, 3.8) is 0 Å². The maximum absolute atomic E-state index is 11.4. The fourth-order valence-electron chi connectivity index (χ4n) is 1.49. The van der Waals surface area contributed by atoms with Gasteiger partial charge in [-0.25, -0.2) is 9.59 Å². The number of carbonyl (C=O) groups is 2. The third-order valence-corrected chi connectivity index (χ3v) is 2.36. The average Bonchev–Trinajstić information content (AvgIpc) is 2.74. The van der Waals surface area contributed by atoms with Gasteiger partial charge in [-0.05, 0) is 11.6 Å². The number of benzene rings is 1. The quantitative estimate of drug-likeness (QED) is 0.586. The number of rotatable bonds is 3. The predicted octanol–water partition coefficient (Wildman–Crippen LogP) is 1.56. The van der Waals surface area contributed by atoms with Gasteiger partial charge in [0.15, 0.2) is 0 Å². The fraction of sp³-hybridized carbons (Fsp3) is 0.231. The fourth-order valence-corrected chi connectivity index (χ4v) is 1.49. The molecule has 0 aromatic heterocycles. The van der Waals surface area contributed by atoms with Crippen LogP contribution in [0.4, 0.5) is 0 Å². The molecule has 1 atom stereocenters. The van der Waals surface area contributed by atoms with E-state index in [1.807, 2.05) is 30.3 Å². The summed E-state index contributed by atoms with van der Waals surface area (Å²) in [6.45, 7) is 0.319. The Hall–Kier alpha value is -2.10. The topological polar surface area (TPSA) is 52.6 Å².